The van der Waals surface area contributed by atoms with Crippen molar-refractivity contribution >= 4 is 22.8 Å². The number of hydrogen-bond acceptors (Lipinski definition) is 6. The van der Waals surface area contributed by atoms with E-state index in [2.05, 4.69) is 26.9 Å². The summed E-state index contributed by atoms with van der Waals surface area (Å²) in [6.07, 6.45) is 10.8. The topological polar surface area (TPSA) is 80.3 Å². The Morgan fingerprint density at radius 1 is 1.09 bits per heavy atom. The number of piperidine rings is 1. The number of likely N-dealkylation sites (tertiary alicyclic amines) is 1. The highest BCUT2D eigenvalue weighted by Crippen LogP contribution is 2.33. The minimum absolute atomic E-state index is 0.302. The maximum absolute atomic E-state index is 14.6. The number of benzene rings is 1. The monoisotopic (exact) mass is 466 g/mol. The summed E-state index contributed by atoms with van der Waals surface area (Å²) in [6, 6.07) is 14.7. The Hall–Kier alpha value is -3.97. The lowest BCUT2D eigenvalue weighted by Gasteiger charge is -2.26. The van der Waals surface area contributed by atoms with Gasteiger partial charge in [0.15, 0.2) is 5.65 Å². The largest absolute Gasteiger partial charge is 0.404 e. The molecule has 7 heteroatoms. The molecule has 1 saturated heterocycles. The lowest BCUT2D eigenvalue weighted by atomic mass is 9.98. The molecule has 0 spiro atoms. The molecule has 1 aliphatic rings. The molecule has 1 aromatic carbocycles. The molecule has 1 fully saturated rings. The lowest BCUT2D eigenvalue weighted by Crippen LogP contribution is -2.32. The SMILES string of the molecule is CN1CCC(N=CC(=CN)c2cncc(-c3cc(-c4ccccc4F)nc4ncccc34)c2)CC1. The first-order chi connectivity index (χ1) is 17.1. The molecule has 0 saturated carbocycles. The van der Waals surface area contributed by atoms with Crippen molar-refractivity contribution in [3.05, 3.63) is 84.7 Å². The summed E-state index contributed by atoms with van der Waals surface area (Å²) < 4.78 is 14.6. The first-order valence-electron chi connectivity index (χ1n) is 11.7. The second-order valence-electron chi connectivity index (χ2n) is 8.81. The molecule has 35 heavy (non-hydrogen) atoms. The van der Waals surface area contributed by atoms with Crippen LogP contribution >= 0.6 is 0 Å². The summed E-state index contributed by atoms with van der Waals surface area (Å²) in [6.45, 7) is 2.10. The van der Waals surface area contributed by atoms with Crippen LogP contribution in [0.25, 0.3) is 39.0 Å². The van der Waals surface area contributed by atoms with Crippen LogP contribution in [-0.2, 0) is 0 Å². The number of pyridine rings is 3. The fourth-order valence-electron chi connectivity index (χ4n) is 4.39. The minimum Gasteiger partial charge on any atom is -0.404 e. The van der Waals surface area contributed by atoms with Crippen LogP contribution in [0.2, 0.25) is 0 Å². The van der Waals surface area contributed by atoms with Crippen LogP contribution in [0.15, 0.2) is 78.3 Å². The molecule has 0 bridgehead atoms. The fraction of sp³-hybridized carbons (Fsp3) is 0.214. The Morgan fingerprint density at radius 3 is 2.71 bits per heavy atom. The molecule has 0 unspecified atom stereocenters. The molecule has 1 aliphatic heterocycles. The van der Waals surface area contributed by atoms with Crippen molar-refractivity contribution in [3.8, 4) is 22.4 Å². The van der Waals surface area contributed by atoms with E-state index in [1.54, 1.807) is 43.0 Å². The third kappa shape index (κ3) is 4.95. The van der Waals surface area contributed by atoms with Crippen molar-refractivity contribution in [1.29, 1.82) is 0 Å². The van der Waals surface area contributed by atoms with Gasteiger partial charge >= 0.3 is 0 Å². The highest BCUT2D eigenvalue weighted by atomic mass is 19.1. The first-order valence-corrected chi connectivity index (χ1v) is 11.7. The molecule has 0 aliphatic carbocycles. The average molecular weight is 467 g/mol. The van der Waals surface area contributed by atoms with E-state index in [-0.39, 0.29) is 5.82 Å². The van der Waals surface area contributed by atoms with Gasteiger partial charge in [-0.05, 0) is 74.9 Å². The van der Waals surface area contributed by atoms with Gasteiger partial charge in [0.25, 0.3) is 0 Å². The summed E-state index contributed by atoms with van der Waals surface area (Å²) in [4.78, 5) is 20.7. The molecule has 5 rings (SSSR count). The van der Waals surface area contributed by atoms with E-state index in [9.17, 15) is 4.39 Å². The van der Waals surface area contributed by atoms with Crippen molar-refractivity contribution < 1.29 is 4.39 Å². The second-order valence-corrected chi connectivity index (χ2v) is 8.81. The van der Waals surface area contributed by atoms with Gasteiger partial charge in [-0.1, -0.05) is 12.1 Å². The van der Waals surface area contributed by atoms with Crippen LogP contribution in [0.1, 0.15) is 18.4 Å². The zero-order valence-corrected chi connectivity index (χ0v) is 19.6. The van der Waals surface area contributed by atoms with Gasteiger partial charge in [-0.2, -0.15) is 0 Å². The number of aliphatic imine (C=N–C) groups is 1. The van der Waals surface area contributed by atoms with Crippen molar-refractivity contribution in [2.24, 2.45) is 10.7 Å². The quantitative estimate of drug-likeness (QED) is 0.421. The Morgan fingerprint density at radius 2 is 1.91 bits per heavy atom. The fourth-order valence-corrected chi connectivity index (χ4v) is 4.39. The zero-order chi connectivity index (χ0) is 24.2. The number of nitrogens with zero attached hydrogens (tertiary/aromatic N) is 5. The Kier molecular flexibility index (Phi) is 6.59. The van der Waals surface area contributed by atoms with Gasteiger partial charge in [0.05, 0.1) is 11.7 Å². The maximum Gasteiger partial charge on any atom is 0.160 e. The number of nitrogens with two attached hydrogens (primary N) is 1. The Balaban J connectivity index is 1.54. The summed E-state index contributed by atoms with van der Waals surface area (Å²) >= 11 is 0. The van der Waals surface area contributed by atoms with Gasteiger partial charge in [0.1, 0.15) is 5.82 Å². The molecular formula is C28H27FN6. The van der Waals surface area contributed by atoms with Gasteiger partial charge in [-0.3, -0.25) is 9.98 Å². The number of halogens is 1. The molecule has 2 N–H and O–H groups in total. The number of aromatic nitrogens is 3. The third-order valence-electron chi connectivity index (χ3n) is 6.41. The summed E-state index contributed by atoms with van der Waals surface area (Å²) in [5.74, 6) is -0.327. The van der Waals surface area contributed by atoms with E-state index < -0.39 is 0 Å². The van der Waals surface area contributed by atoms with Gasteiger partial charge in [-0.25, -0.2) is 14.4 Å². The Labute approximate surface area is 204 Å². The summed E-state index contributed by atoms with van der Waals surface area (Å²) in [7, 11) is 2.14. The van der Waals surface area contributed by atoms with Crippen molar-refractivity contribution in [1.82, 2.24) is 19.9 Å². The molecule has 176 valence electrons. The summed E-state index contributed by atoms with van der Waals surface area (Å²) in [5, 5.41) is 0.866. The molecule has 6 nitrogen and oxygen atoms in total. The van der Waals surface area contributed by atoms with Crippen LogP contribution in [0.4, 0.5) is 4.39 Å². The molecular weight excluding hydrogens is 439 g/mol. The van der Waals surface area contributed by atoms with Gasteiger partial charge in [0, 0.05) is 58.7 Å². The molecule has 0 radical (unpaired) electrons. The van der Waals surface area contributed by atoms with Crippen LogP contribution in [-0.4, -0.2) is 52.2 Å². The smallest absolute Gasteiger partial charge is 0.160 e. The van der Waals surface area contributed by atoms with Crippen molar-refractivity contribution in [2.75, 3.05) is 20.1 Å². The highest BCUT2D eigenvalue weighted by molar-refractivity contribution is 6.10. The van der Waals surface area contributed by atoms with E-state index in [0.717, 1.165) is 53.6 Å². The van der Waals surface area contributed by atoms with Crippen molar-refractivity contribution in [3.63, 3.8) is 0 Å². The van der Waals surface area contributed by atoms with E-state index in [4.69, 9.17) is 10.7 Å². The number of rotatable bonds is 5. The third-order valence-corrected chi connectivity index (χ3v) is 6.41. The molecule has 3 aromatic heterocycles. The van der Waals surface area contributed by atoms with Gasteiger partial charge in [0.2, 0.25) is 0 Å². The summed E-state index contributed by atoms with van der Waals surface area (Å²) in [5.41, 5.74) is 10.9. The normalized spacial score (nSPS) is 15.8. The predicted octanol–water partition coefficient (Wildman–Crippen LogP) is 4.96. The van der Waals surface area contributed by atoms with E-state index in [1.807, 2.05) is 30.5 Å². The highest BCUT2D eigenvalue weighted by Gasteiger charge is 2.16. The standard InChI is InChI=1S/C28H27FN6/c1-35-11-8-22(9-12-35)33-18-21(15-30)19-13-20(17-31-16-19)25-14-27(24-5-2-3-7-26(24)29)34-28-23(25)6-4-10-32-28/h2-7,10,13-18,22H,8-9,11-12,30H2,1H3. The zero-order valence-electron chi connectivity index (χ0n) is 19.6. The van der Waals surface area contributed by atoms with E-state index in [1.165, 1.54) is 6.07 Å². The van der Waals surface area contributed by atoms with Crippen LogP contribution in [0.3, 0.4) is 0 Å². The Bertz CT molecular complexity index is 1410. The molecule has 0 amide bonds. The maximum atomic E-state index is 14.6. The molecule has 4 aromatic rings. The first kappa shape index (κ1) is 22.8. The van der Waals surface area contributed by atoms with Crippen LogP contribution in [0, 0.1) is 5.82 Å². The minimum atomic E-state index is -0.327. The van der Waals surface area contributed by atoms with Crippen LogP contribution < -0.4 is 5.73 Å². The van der Waals surface area contributed by atoms with Crippen LogP contribution in [0.5, 0.6) is 0 Å². The van der Waals surface area contributed by atoms with Gasteiger partial charge < -0.3 is 10.6 Å². The predicted molar refractivity (Wildman–Crippen MR) is 139 cm³/mol. The number of fused-ring (bicyclic) bond motifs is 1. The number of allylic oxidation sites excluding steroid dienone is 1. The van der Waals surface area contributed by atoms with Gasteiger partial charge in [-0.15, -0.1) is 0 Å². The lowest BCUT2D eigenvalue weighted by molar-refractivity contribution is 0.257. The average Bonchev–Trinajstić information content (AvgIpc) is 2.90. The number of hydrogen-bond donors (Lipinski definition) is 1. The van der Waals surface area contributed by atoms with Crippen molar-refractivity contribution in [2.45, 2.75) is 18.9 Å². The molecule has 0 atom stereocenters. The van der Waals surface area contributed by atoms with E-state index >= 15 is 0 Å². The second kappa shape index (κ2) is 10.1. The molecule has 4 heterocycles. The van der Waals surface area contributed by atoms with E-state index in [0.29, 0.717) is 22.9 Å².